The molecule has 26 heavy (non-hydrogen) atoms. The first-order chi connectivity index (χ1) is 12.6. The zero-order valence-corrected chi connectivity index (χ0v) is 15.5. The molecule has 0 spiro atoms. The summed E-state index contributed by atoms with van der Waals surface area (Å²) in [6.45, 7) is 2.68. The largest absolute Gasteiger partial charge is 0.355 e. The lowest BCUT2D eigenvalue weighted by molar-refractivity contribution is -0.118. The van der Waals surface area contributed by atoms with Crippen molar-refractivity contribution in [3.05, 3.63) is 66.0 Å². The summed E-state index contributed by atoms with van der Waals surface area (Å²) in [6, 6.07) is 15.7. The summed E-state index contributed by atoms with van der Waals surface area (Å²) in [6.07, 6.45) is 0.942. The Balaban J connectivity index is 1.66. The van der Waals surface area contributed by atoms with E-state index in [2.05, 4.69) is 29.7 Å². The molecule has 0 aromatic heterocycles. The third kappa shape index (κ3) is 6.88. The van der Waals surface area contributed by atoms with E-state index in [-0.39, 0.29) is 35.1 Å². The number of carbonyl (C=O) groups excluding carboxylic acids is 2. The number of thioether (sulfide) groups is 1. The maximum atomic E-state index is 12.8. The van der Waals surface area contributed by atoms with Crippen molar-refractivity contribution in [1.29, 1.82) is 0 Å². The van der Waals surface area contributed by atoms with Crippen LogP contribution in [0.25, 0.3) is 0 Å². The van der Waals surface area contributed by atoms with Crippen molar-refractivity contribution < 1.29 is 14.0 Å². The average molecular weight is 374 g/mol. The standard InChI is InChI=1S/C20H23FN2O2S/c1-2-15(16-6-4-3-5-7-16)12-22-19(24)13-26-14-20(25)23-18-10-8-17(21)9-11-18/h3-11,15H,2,12-14H2,1H3,(H,22,24)(H,23,25). The SMILES string of the molecule is CCC(CNC(=O)CSCC(=O)Nc1ccc(F)cc1)c1ccccc1. The lowest BCUT2D eigenvalue weighted by Gasteiger charge is -2.16. The second-order valence-corrected chi connectivity index (χ2v) is 6.85. The number of rotatable bonds is 9. The number of carbonyl (C=O) groups is 2. The summed E-state index contributed by atoms with van der Waals surface area (Å²) in [5.74, 6) is 0.0221. The van der Waals surface area contributed by atoms with Crippen LogP contribution in [0.1, 0.15) is 24.8 Å². The Bertz CT molecular complexity index is 708. The van der Waals surface area contributed by atoms with Crippen molar-refractivity contribution in [2.75, 3.05) is 23.4 Å². The molecule has 1 unspecified atom stereocenters. The van der Waals surface area contributed by atoms with Gasteiger partial charge < -0.3 is 10.6 Å². The van der Waals surface area contributed by atoms with Gasteiger partial charge >= 0.3 is 0 Å². The Hall–Kier alpha value is -2.34. The Morgan fingerprint density at radius 2 is 1.65 bits per heavy atom. The van der Waals surface area contributed by atoms with E-state index < -0.39 is 0 Å². The molecule has 0 bridgehead atoms. The molecule has 0 saturated heterocycles. The first kappa shape index (κ1) is 20.0. The molecule has 6 heteroatoms. The number of halogens is 1. The number of benzene rings is 2. The molecule has 0 radical (unpaired) electrons. The van der Waals surface area contributed by atoms with Gasteiger partial charge in [-0.1, -0.05) is 37.3 Å². The van der Waals surface area contributed by atoms with E-state index in [9.17, 15) is 14.0 Å². The van der Waals surface area contributed by atoms with Gasteiger partial charge in [0.25, 0.3) is 0 Å². The van der Waals surface area contributed by atoms with Crippen LogP contribution in [0.2, 0.25) is 0 Å². The van der Waals surface area contributed by atoms with Crippen LogP contribution in [0.3, 0.4) is 0 Å². The van der Waals surface area contributed by atoms with Gasteiger partial charge in [-0.2, -0.15) is 0 Å². The van der Waals surface area contributed by atoms with Gasteiger partial charge in [-0.05, 0) is 36.2 Å². The van der Waals surface area contributed by atoms with E-state index in [4.69, 9.17) is 0 Å². The van der Waals surface area contributed by atoms with Gasteiger partial charge in [-0.25, -0.2) is 4.39 Å². The zero-order valence-electron chi connectivity index (χ0n) is 14.7. The number of hydrogen-bond acceptors (Lipinski definition) is 3. The number of anilines is 1. The monoisotopic (exact) mass is 374 g/mol. The molecular formula is C20H23FN2O2S. The molecule has 2 rings (SSSR count). The van der Waals surface area contributed by atoms with Crippen LogP contribution < -0.4 is 10.6 Å². The normalized spacial score (nSPS) is 11.6. The fourth-order valence-electron chi connectivity index (χ4n) is 2.48. The van der Waals surface area contributed by atoms with Gasteiger partial charge in [0.15, 0.2) is 0 Å². The zero-order chi connectivity index (χ0) is 18.8. The maximum absolute atomic E-state index is 12.8. The van der Waals surface area contributed by atoms with Crippen LogP contribution >= 0.6 is 11.8 Å². The van der Waals surface area contributed by atoms with Crippen LogP contribution in [-0.2, 0) is 9.59 Å². The van der Waals surface area contributed by atoms with Gasteiger partial charge in [-0.3, -0.25) is 9.59 Å². The van der Waals surface area contributed by atoms with E-state index in [1.54, 1.807) is 0 Å². The fraction of sp³-hybridized carbons (Fsp3) is 0.300. The highest BCUT2D eigenvalue weighted by Gasteiger charge is 2.11. The second-order valence-electron chi connectivity index (χ2n) is 5.87. The molecule has 0 saturated carbocycles. The van der Waals surface area contributed by atoms with Crippen molar-refractivity contribution >= 4 is 29.3 Å². The molecule has 4 nitrogen and oxygen atoms in total. The molecule has 0 heterocycles. The molecule has 0 fully saturated rings. The Morgan fingerprint density at radius 1 is 1.00 bits per heavy atom. The topological polar surface area (TPSA) is 58.2 Å². The maximum Gasteiger partial charge on any atom is 0.234 e. The second kappa shape index (κ2) is 10.6. The van der Waals surface area contributed by atoms with E-state index in [0.29, 0.717) is 12.2 Å². The van der Waals surface area contributed by atoms with E-state index in [1.807, 2.05) is 18.2 Å². The Morgan fingerprint density at radius 3 is 2.31 bits per heavy atom. The minimum Gasteiger partial charge on any atom is -0.355 e. The molecule has 2 aromatic carbocycles. The molecule has 2 amide bonds. The molecule has 0 aliphatic carbocycles. The summed E-state index contributed by atoms with van der Waals surface area (Å²) in [7, 11) is 0. The van der Waals surface area contributed by atoms with E-state index in [1.165, 1.54) is 41.6 Å². The molecule has 0 aliphatic heterocycles. The minimum absolute atomic E-state index is 0.0843. The summed E-state index contributed by atoms with van der Waals surface area (Å²) >= 11 is 1.25. The van der Waals surface area contributed by atoms with E-state index in [0.717, 1.165) is 6.42 Å². The molecule has 1 atom stereocenters. The summed E-state index contributed by atoms with van der Waals surface area (Å²) in [4.78, 5) is 23.8. The highest BCUT2D eigenvalue weighted by atomic mass is 32.2. The van der Waals surface area contributed by atoms with Crippen molar-refractivity contribution in [1.82, 2.24) is 5.32 Å². The quantitative estimate of drug-likeness (QED) is 0.702. The molecule has 138 valence electrons. The number of amides is 2. The average Bonchev–Trinajstić information content (AvgIpc) is 2.65. The van der Waals surface area contributed by atoms with Crippen LogP contribution in [-0.4, -0.2) is 29.9 Å². The Labute approximate surface area is 157 Å². The summed E-state index contributed by atoms with van der Waals surface area (Å²) in [5, 5.41) is 5.59. The summed E-state index contributed by atoms with van der Waals surface area (Å²) < 4.78 is 12.8. The molecule has 2 N–H and O–H groups in total. The smallest absolute Gasteiger partial charge is 0.234 e. The molecule has 0 aliphatic rings. The molecule has 2 aromatic rings. The number of nitrogens with one attached hydrogen (secondary N) is 2. The van der Waals surface area contributed by atoms with Crippen molar-refractivity contribution in [2.24, 2.45) is 0 Å². The first-order valence-electron chi connectivity index (χ1n) is 8.53. The number of hydrogen-bond donors (Lipinski definition) is 2. The Kier molecular flexibility index (Phi) is 8.15. The van der Waals surface area contributed by atoms with Crippen molar-refractivity contribution in [2.45, 2.75) is 19.3 Å². The van der Waals surface area contributed by atoms with Gasteiger partial charge in [0.1, 0.15) is 5.82 Å². The predicted molar refractivity (Wildman–Crippen MR) is 105 cm³/mol. The predicted octanol–water partition coefficient (Wildman–Crippen LogP) is 3.81. The van der Waals surface area contributed by atoms with Crippen LogP contribution in [0.15, 0.2) is 54.6 Å². The van der Waals surface area contributed by atoms with Crippen LogP contribution in [0, 0.1) is 5.82 Å². The van der Waals surface area contributed by atoms with Gasteiger partial charge in [0.05, 0.1) is 11.5 Å². The van der Waals surface area contributed by atoms with Crippen LogP contribution in [0.5, 0.6) is 0 Å². The van der Waals surface area contributed by atoms with E-state index >= 15 is 0 Å². The summed E-state index contributed by atoms with van der Waals surface area (Å²) in [5.41, 5.74) is 1.75. The minimum atomic E-state index is -0.352. The lowest BCUT2D eigenvalue weighted by atomic mass is 9.96. The van der Waals surface area contributed by atoms with Gasteiger partial charge in [-0.15, -0.1) is 11.8 Å². The third-order valence-electron chi connectivity index (χ3n) is 3.90. The fourth-order valence-corrected chi connectivity index (χ4v) is 3.12. The third-order valence-corrected chi connectivity index (χ3v) is 4.84. The van der Waals surface area contributed by atoms with Crippen molar-refractivity contribution in [3.63, 3.8) is 0 Å². The van der Waals surface area contributed by atoms with Crippen molar-refractivity contribution in [3.8, 4) is 0 Å². The lowest BCUT2D eigenvalue weighted by Crippen LogP contribution is -2.30. The van der Waals surface area contributed by atoms with Crippen LogP contribution in [0.4, 0.5) is 10.1 Å². The molecular weight excluding hydrogens is 351 g/mol. The first-order valence-corrected chi connectivity index (χ1v) is 9.68. The highest BCUT2D eigenvalue weighted by Crippen LogP contribution is 2.18. The van der Waals surface area contributed by atoms with Gasteiger partial charge in [0.2, 0.25) is 11.8 Å². The van der Waals surface area contributed by atoms with Gasteiger partial charge in [0, 0.05) is 18.2 Å². The highest BCUT2D eigenvalue weighted by molar-refractivity contribution is 8.00.